The van der Waals surface area contributed by atoms with E-state index < -0.39 is 6.10 Å². The van der Waals surface area contributed by atoms with E-state index in [1.807, 2.05) is 25.1 Å². The van der Waals surface area contributed by atoms with E-state index in [0.29, 0.717) is 16.5 Å². The van der Waals surface area contributed by atoms with Crippen molar-refractivity contribution in [2.75, 3.05) is 32.8 Å². The molecule has 0 heterocycles. The number of nitrogens with zero attached hydrogens (tertiary/aromatic N) is 1. The molecular weight excluding hydrogens is 453 g/mol. The lowest BCUT2D eigenvalue weighted by Gasteiger charge is -2.14. The first-order chi connectivity index (χ1) is 11.7. The number of benzene rings is 1. The van der Waals surface area contributed by atoms with E-state index >= 15 is 0 Å². The summed E-state index contributed by atoms with van der Waals surface area (Å²) in [5, 5.41) is 17.2. The van der Waals surface area contributed by atoms with E-state index in [9.17, 15) is 5.11 Å². The number of ether oxygens (including phenoxy) is 1. The zero-order valence-corrected chi connectivity index (χ0v) is 17.8. The lowest BCUT2D eigenvalue weighted by molar-refractivity contribution is 0.123. The second kappa shape index (κ2) is 12.7. The molecule has 1 unspecified atom stereocenters. The van der Waals surface area contributed by atoms with E-state index in [1.54, 1.807) is 6.07 Å². The SMILES string of the molecule is CCNC(=NCC(O)c1ccccc1Cl)NCCCOCC1CC1.I. The van der Waals surface area contributed by atoms with Gasteiger partial charge < -0.3 is 20.5 Å². The van der Waals surface area contributed by atoms with Crippen LogP contribution in [-0.4, -0.2) is 43.9 Å². The Balaban J connectivity index is 0.00000312. The van der Waals surface area contributed by atoms with Crippen molar-refractivity contribution in [3.8, 4) is 0 Å². The number of hydrogen-bond acceptors (Lipinski definition) is 3. The molecule has 0 aliphatic heterocycles. The molecule has 3 N–H and O–H groups in total. The molecule has 0 amide bonds. The molecule has 0 radical (unpaired) electrons. The summed E-state index contributed by atoms with van der Waals surface area (Å²) in [5.74, 6) is 1.51. The normalized spacial score (nSPS) is 15.4. The van der Waals surface area contributed by atoms with Crippen LogP contribution >= 0.6 is 35.6 Å². The minimum atomic E-state index is -0.712. The summed E-state index contributed by atoms with van der Waals surface area (Å²) in [4.78, 5) is 4.43. The Hall–Kier alpha value is -0.570. The zero-order valence-electron chi connectivity index (χ0n) is 14.7. The molecule has 1 aliphatic carbocycles. The van der Waals surface area contributed by atoms with Crippen LogP contribution in [0.3, 0.4) is 0 Å². The lowest BCUT2D eigenvalue weighted by atomic mass is 10.1. The molecule has 1 saturated carbocycles. The van der Waals surface area contributed by atoms with Crippen LogP contribution in [0.4, 0.5) is 0 Å². The molecule has 1 aromatic carbocycles. The second-order valence-electron chi connectivity index (χ2n) is 6.06. The predicted octanol–water partition coefficient (Wildman–Crippen LogP) is 3.36. The molecule has 0 saturated heterocycles. The number of aliphatic imine (C=N–C) groups is 1. The molecule has 5 nitrogen and oxygen atoms in total. The van der Waals surface area contributed by atoms with Gasteiger partial charge in [-0.15, -0.1) is 24.0 Å². The Bertz CT molecular complexity index is 527. The van der Waals surface area contributed by atoms with E-state index in [2.05, 4.69) is 15.6 Å². The highest BCUT2D eigenvalue weighted by Crippen LogP contribution is 2.28. The summed E-state index contributed by atoms with van der Waals surface area (Å²) in [6, 6.07) is 7.30. The highest BCUT2D eigenvalue weighted by molar-refractivity contribution is 14.0. The fraction of sp³-hybridized carbons (Fsp3) is 0.611. The van der Waals surface area contributed by atoms with Gasteiger partial charge >= 0.3 is 0 Å². The molecule has 2 rings (SSSR count). The van der Waals surface area contributed by atoms with Gasteiger partial charge in [0, 0.05) is 36.9 Å². The summed E-state index contributed by atoms with van der Waals surface area (Å²) >= 11 is 6.10. The van der Waals surface area contributed by atoms with E-state index in [-0.39, 0.29) is 30.5 Å². The van der Waals surface area contributed by atoms with Crippen LogP contribution in [0.2, 0.25) is 5.02 Å². The number of nitrogens with one attached hydrogen (secondary N) is 2. The third-order valence-corrected chi connectivity index (χ3v) is 4.18. The van der Waals surface area contributed by atoms with Gasteiger partial charge in [0.05, 0.1) is 6.54 Å². The highest BCUT2D eigenvalue weighted by atomic mass is 127. The van der Waals surface area contributed by atoms with Gasteiger partial charge in [0.2, 0.25) is 0 Å². The first-order valence-electron chi connectivity index (χ1n) is 8.73. The Labute approximate surface area is 172 Å². The summed E-state index contributed by atoms with van der Waals surface area (Å²) in [5.41, 5.74) is 0.701. The third-order valence-electron chi connectivity index (χ3n) is 3.84. The van der Waals surface area contributed by atoms with Crippen LogP contribution in [0.15, 0.2) is 29.3 Å². The van der Waals surface area contributed by atoms with Gasteiger partial charge in [-0.1, -0.05) is 29.8 Å². The minimum Gasteiger partial charge on any atom is -0.386 e. The molecule has 142 valence electrons. The number of guanidine groups is 1. The molecule has 7 heteroatoms. The molecule has 1 atom stereocenters. The van der Waals surface area contributed by atoms with Crippen molar-refractivity contribution < 1.29 is 9.84 Å². The van der Waals surface area contributed by atoms with Crippen LogP contribution in [0, 0.1) is 5.92 Å². The van der Waals surface area contributed by atoms with Gasteiger partial charge in [0.25, 0.3) is 0 Å². The molecule has 0 bridgehead atoms. The first-order valence-corrected chi connectivity index (χ1v) is 9.11. The van der Waals surface area contributed by atoms with Crippen molar-refractivity contribution in [1.82, 2.24) is 10.6 Å². The minimum absolute atomic E-state index is 0. The van der Waals surface area contributed by atoms with Gasteiger partial charge in [0.1, 0.15) is 6.10 Å². The maximum absolute atomic E-state index is 10.3. The Kier molecular flexibility index (Phi) is 11.4. The van der Waals surface area contributed by atoms with Crippen molar-refractivity contribution in [1.29, 1.82) is 0 Å². The Morgan fingerprint density at radius 2 is 2.12 bits per heavy atom. The van der Waals surface area contributed by atoms with Crippen molar-refractivity contribution in [2.45, 2.75) is 32.3 Å². The molecule has 1 fully saturated rings. The predicted molar refractivity (Wildman–Crippen MR) is 114 cm³/mol. The van der Waals surface area contributed by atoms with Crippen LogP contribution in [-0.2, 0) is 4.74 Å². The average Bonchev–Trinajstić information content (AvgIpc) is 3.40. The smallest absolute Gasteiger partial charge is 0.191 e. The molecule has 0 spiro atoms. The molecule has 0 aromatic heterocycles. The molecule has 1 aliphatic rings. The van der Waals surface area contributed by atoms with Crippen molar-refractivity contribution in [2.24, 2.45) is 10.9 Å². The lowest BCUT2D eigenvalue weighted by Crippen LogP contribution is -2.38. The summed E-state index contributed by atoms with van der Waals surface area (Å²) in [7, 11) is 0. The van der Waals surface area contributed by atoms with Gasteiger partial charge in [-0.05, 0) is 38.2 Å². The summed E-state index contributed by atoms with van der Waals surface area (Å²) in [6.07, 6.45) is 2.87. The maximum Gasteiger partial charge on any atom is 0.191 e. The topological polar surface area (TPSA) is 65.9 Å². The largest absolute Gasteiger partial charge is 0.386 e. The highest BCUT2D eigenvalue weighted by Gasteiger charge is 2.20. The quantitative estimate of drug-likeness (QED) is 0.207. The van der Waals surface area contributed by atoms with Gasteiger partial charge in [-0.2, -0.15) is 0 Å². The standard InChI is InChI=1S/C18H28ClN3O2.HI/c1-2-20-18(21-10-5-11-24-13-14-8-9-14)22-12-17(23)15-6-3-4-7-16(15)19;/h3-4,6-7,14,17,23H,2,5,8-13H2,1H3,(H2,20,21,22);1H. The second-order valence-corrected chi connectivity index (χ2v) is 6.46. The number of aliphatic hydroxyl groups is 1. The van der Waals surface area contributed by atoms with Gasteiger partial charge in [0.15, 0.2) is 5.96 Å². The van der Waals surface area contributed by atoms with Crippen molar-refractivity contribution >= 4 is 41.5 Å². The fourth-order valence-electron chi connectivity index (χ4n) is 2.28. The number of halogens is 2. The van der Waals surface area contributed by atoms with Gasteiger partial charge in [-0.25, -0.2) is 0 Å². The summed E-state index contributed by atoms with van der Waals surface area (Å²) < 4.78 is 5.61. The Morgan fingerprint density at radius 1 is 1.36 bits per heavy atom. The monoisotopic (exact) mass is 481 g/mol. The molecule has 25 heavy (non-hydrogen) atoms. The van der Waals surface area contributed by atoms with Crippen molar-refractivity contribution in [3.05, 3.63) is 34.9 Å². The van der Waals surface area contributed by atoms with E-state index in [1.165, 1.54) is 12.8 Å². The van der Waals surface area contributed by atoms with Crippen LogP contribution in [0.1, 0.15) is 37.9 Å². The fourth-order valence-corrected chi connectivity index (χ4v) is 2.54. The number of aliphatic hydroxyl groups excluding tert-OH is 1. The van der Waals surface area contributed by atoms with Crippen LogP contribution in [0.5, 0.6) is 0 Å². The molecule has 1 aromatic rings. The van der Waals surface area contributed by atoms with E-state index in [4.69, 9.17) is 16.3 Å². The Morgan fingerprint density at radius 3 is 2.80 bits per heavy atom. The maximum atomic E-state index is 10.3. The van der Waals surface area contributed by atoms with Crippen molar-refractivity contribution in [3.63, 3.8) is 0 Å². The zero-order chi connectivity index (χ0) is 17.2. The average molecular weight is 482 g/mol. The number of rotatable bonds is 10. The third kappa shape index (κ3) is 9.08. The first kappa shape index (κ1) is 22.5. The van der Waals surface area contributed by atoms with Gasteiger partial charge in [-0.3, -0.25) is 4.99 Å². The molecular formula is C18H29ClIN3O2. The summed E-state index contributed by atoms with van der Waals surface area (Å²) in [6.45, 7) is 5.51. The van der Waals surface area contributed by atoms with Crippen LogP contribution < -0.4 is 10.6 Å². The number of hydrogen-bond donors (Lipinski definition) is 3. The van der Waals surface area contributed by atoms with E-state index in [0.717, 1.165) is 38.6 Å². The van der Waals surface area contributed by atoms with Crippen LogP contribution in [0.25, 0.3) is 0 Å².